The number of esters is 1. The van der Waals surface area contributed by atoms with Gasteiger partial charge >= 0.3 is 5.97 Å². The van der Waals surface area contributed by atoms with E-state index in [0.29, 0.717) is 21.9 Å². The van der Waals surface area contributed by atoms with Crippen LogP contribution in [0.25, 0.3) is 0 Å². The highest BCUT2D eigenvalue weighted by Gasteiger charge is 2.35. The highest BCUT2D eigenvalue weighted by molar-refractivity contribution is 7.80. The monoisotopic (exact) mass is 383 g/mol. The lowest BCUT2D eigenvalue weighted by Gasteiger charge is -2.37. The Balaban J connectivity index is 2.14. The fraction of sp³-hybridized carbons (Fsp3) is 0.158. The van der Waals surface area contributed by atoms with Crippen LogP contribution in [0.3, 0.4) is 0 Å². The highest BCUT2D eigenvalue weighted by atomic mass is 32.1. The van der Waals surface area contributed by atoms with Gasteiger partial charge in [0, 0.05) is 23.5 Å². The molecular formula is C19H17N3O4S. The standard InChI is InChI=1S/C19H17N3O4S/c1-12-16(18(23)26-2)17(13-7-6-10-15(11-13)22(24)25)20-19(27)21(12)14-8-4-3-5-9-14/h3-11,17H,1-2H3,(H,20,27)/t17-/m0/s1. The number of nitrogens with one attached hydrogen (secondary N) is 1. The molecule has 1 heterocycles. The zero-order valence-electron chi connectivity index (χ0n) is 14.7. The Morgan fingerprint density at radius 1 is 1.22 bits per heavy atom. The van der Waals surface area contributed by atoms with Crippen molar-refractivity contribution in [2.75, 3.05) is 12.0 Å². The molecule has 0 spiro atoms. The first-order valence-electron chi connectivity index (χ1n) is 8.13. The lowest BCUT2D eigenvalue weighted by atomic mass is 9.94. The number of hydrogen-bond acceptors (Lipinski definition) is 5. The first-order chi connectivity index (χ1) is 12.9. The van der Waals surface area contributed by atoms with Gasteiger partial charge in [0.2, 0.25) is 0 Å². The number of non-ortho nitro benzene ring substituents is 1. The van der Waals surface area contributed by atoms with Gasteiger partial charge in [-0.3, -0.25) is 15.0 Å². The average molecular weight is 383 g/mol. The summed E-state index contributed by atoms with van der Waals surface area (Å²) in [6.45, 7) is 1.77. The van der Waals surface area contributed by atoms with Crippen LogP contribution in [0.15, 0.2) is 65.9 Å². The molecule has 0 aromatic heterocycles. The van der Waals surface area contributed by atoms with E-state index in [-0.39, 0.29) is 5.69 Å². The molecule has 0 radical (unpaired) electrons. The van der Waals surface area contributed by atoms with E-state index < -0.39 is 16.9 Å². The summed E-state index contributed by atoms with van der Waals surface area (Å²) < 4.78 is 4.97. The minimum absolute atomic E-state index is 0.0624. The van der Waals surface area contributed by atoms with Crippen molar-refractivity contribution in [3.63, 3.8) is 0 Å². The minimum atomic E-state index is -0.648. The lowest BCUT2D eigenvalue weighted by Crippen LogP contribution is -2.48. The molecule has 1 N–H and O–H groups in total. The quantitative estimate of drug-likeness (QED) is 0.374. The number of nitrogens with zero attached hydrogens (tertiary/aromatic N) is 2. The second-order valence-electron chi connectivity index (χ2n) is 5.90. The molecule has 0 fully saturated rings. The predicted molar refractivity (Wildman–Crippen MR) is 105 cm³/mol. The number of para-hydroxylation sites is 1. The van der Waals surface area contributed by atoms with E-state index in [1.807, 2.05) is 30.3 Å². The number of nitro groups is 1. The van der Waals surface area contributed by atoms with Crippen LogP contribution in [0.5, 0.6) is 0 Å². The van der Waals surface area contributed by atoms with Crippen molar-refractivity contribution in [1.82, 2.24) is 5.32 Å². The summed E-state index contributed by atoms with van der Waals surface area (Å²) in [5, 5.41) is 14.6. The average Bonchev–Trinajstić information content (AvgIpc) is 2.68. The van der Waals surface area contributed by atoms with Crippen molar-refractivity contribution in [2.45, 2.75) is 13.0 Å². The molecule has 3 rings (SSSR count). The third-order valence-corrected chi connectivity index (χ3v) is 4.62. The number of anilines is 1. The molecule has 1 atom stereocenters. The van der Waals surface area contributed by atoms with Gasteiger partial charge in [0.15, 0.2) is 5.11 Å². The van der Waals surface area contributed by atoms with Crippen LogP contribution in [0.1, 0.15) is 18.5 Å². The zero-order chi connectivity index (χ0) is 19.6. The first-order valence-corrected chi connectivity index (χ1v) is 8.54. The third-order valence-electron chi connectivity index (χ3n) is 4.32. The summed E-state index contributed by atoms with van der Waals surface area (Å²) in [6.07, 6.45) is 0. The molecule has 27 heavy (non-hydrogen) atoms. The first kappa shape index (κ1) is 18.5. The van der Waals surface area contributed by atoms with Crippen LogP contribution in [0.4, 0.5) is 11.4 Å². The van der Waals surface area contributed by atoms with Gasteiger partial charge in [0.1, 0.15) is 0 Å². The Hall–Kier alpha value is -3.26. The van der Waals surface area contributed by atoms with Crippen LogP contribution in [0, 0.1) is 10.1 Å². The zero-order valence-corrected chi connectivity index (χ0v) is 15.5. The number of benzene rings is 2. The molecule has 2 aromatic carbocycles. The summed E-state index contributed by atoms with van der Waals surface area (Å²) in [6, 6.07) is 14.8. The lowest BCUT2D eigenvalue weighted by molar-refractivity contribution is -0.384. The van der Waals surface area contributed by atoms with Crippen LogP contribution < -0.4 is 10.2 Å². The fourth-order valence-corrected chi connectivity index (χ4v) is 3.43. The molecule has 138 valence electrons. The van der Waals surface area contributed by atoms with E-state index in [1.54, 1.807) is 24.0 Å². The van der Waals surface area contributed by atoms with Crippen LogP contribution in [0.2, 0.25) is 0 Å². The van der Waals surface area contributed by atoms with Crippen molar-refractivity contribution in [3.05, 3.63) is 81.5 Å². The topological polar surface area (TPSA) is 84.7 Å². The van der Waals surface area contributed by atoms with Gasteiger partial charge in [-0.2, -0.15) is 0 Å². The van der Waals surface area contributed by atoms with Gasteiger partial charge in [-0.15, -0.1) is 0 Å². The van der Waals surface area contributed by atoms with E-state index in [1.165, 1.54) is 19.2 Å². The number of rotatable bonds is 4. The number of allylic oxidation sites excluding steroid dienone is 1. The Bertz CT molecular complexity index is 943. The Kier molecular flexibility index (Phi) is 5.18. The summed E-state index contributed by atoms with van der Waals surface area (Å²) in [5.74, 6) is -0.528. The molecule has 0 bridgehead atoms. The van der Waals surface area contributed by atoms with Crippen molar-refractivity contribution in [3.8, 4) is 0 Å². The maximum atomic E-state index is 12.5. The van der Waals surface area contributed by atoms with Gasteiger partial charge in [-0.1, -0.05) is 30.3 Å². The van der Waals surface area contributed by atoms with Crippen LogP contribution >= 0.6 is 12.2 Å². The SMILES string of the molecule is COC(=O)C1=C(C)N(c2ccccc2)C(=S)N[C@H]1c1cccc([N+](=O)[O-])c1. The van der Waals surface area contributed by atoms with E-state index >= 15 is 0 Å². The molecule has 0 saturated carbocycles. The largest absolute Gasteiger partial charge is 0.466 e. The van der Waals surface area contributed by atoms with E-state index in [9.17, 15) is 14.9 Å². The molecule has 8 heteroatoms. The molecule has 7 nitrogen and oxygen atoms in total. The molecule has 0 aliphatic carbocycles. The summed E-state index contributed by atoms with van der Waals surface area (Å²) >= 11 is 5.52. The van der Waals surface area contributed by atoms with Crippen molar-refractivity contribution in [1.29, 1.82) is 0 Å². The summed E-state index contributed by atoms with van der Waals surface area (Å²) in [5.41, 5.74) is 2.24. The van der Waals surface area contributed by atoms with Gasteiger partial charge in [0.05, 0.1) is 23.6 Å². The summed E-state index contributed by atoms with van der Waals surface area (Å²) in [7, 11) is 1.30. The van der Waals surface area contributed by atoms with Crippen molar-refractivity contribution < 1.29 is 14.5 Å². The second-order valence-corrected chi connectivity index (χ2v) is 6.28. The number of carbonyl (C=O) groups excluding carboxylic acids is 1. The van der Waals surface area contributed by atoms with E-state index in [2.05, 4.69) is 5.32 Å². The molecule has 0 unspecified atom stereocenters. The van der Waals surface area contributed by atoms with E-state index in [0.717, 1.165) is 5.69 Å². The molecule has 1 aliphatic rings. The number of carbonyl (C=O) groups is 1. The molecule has 2 aromatic rings. The van der Waals surface area contributed by atoms with Crippen LogP contribution in [-0.4, -0.2) is 23.1 Å². The second kappa shape index (κ2) is 7.55. The highest BCUT2D eigenvalue weighted by Crippen LogP contribution is 2.34. The molecule has 0 amide bonds. The van der Waals surface area contributed by atoms with Crippen LogP contribution in [-0.2, 0) is 9.53 Å². The van der Waals surface area contributed by atoms with Gasteiger partial charge in [-0.05, 0) is 36.8 Å². The number of methoxy groups -OCH3 is 1. The van der Waals surface area contributed by atoms with Gasteiger partial charge < -0.3 is 10.1 Å². The Morgan fingerprint density at radius 3 is 2.56 bits per heavy atom. The molecule has 0 saturated heterocycles. The van der Waals surface area contributed by atoms with Crippen molar-refractivity contribution in [2.24, 2.45) is 0 Å². The number of thiocarbonyl (C=S) groups is 1. The maximum absolute atomic E-state index is 12.5. The Labute approximate surface area is 161 Å². The predicted octanol–water partition coefficient (Wildman–Crippen LogP) is 3.48. The smallest absolute Gasteiger partial charge is 0.337 e. The normalized spacial score (nSPS) is 16.7. The minimum Gasteiger partial charge on any atom is -0.466 e. The molecular weight excluding hydrogens is 366 g/mol. The summed E-state index contributed by atoms with van der Waals surface area (Å²) in [4.78, 5) is 24.9. The van der Waals surface area contributed by atoms with Gasteiger partial charge in [-0.25, -0.2) is 4.79 Å². The third kappa shape index (κ3) is 3.52. The maximum Gasteiger partial charge on any atom is 0.337 e. The van der Waals surface area contributed by atoms with Gasteiger partial charge in [0.25, 0.3) is 5.69 Å². The number of nitro benzene ring substituents is 1. The fourth-order valence-electron chi connectivity index (χ4n) is 3.07. The van der Waals surface area contributed by atoms with Crippen molar-refractivity contribution >= 4 is 34.7 Å². The number of ether oxygens (including phenoxy) is 1. The molecule has 1 aliphatic heterocycles. The number of hydrogen-bond donors (Lipinski definition) is 1. The van der Waals surface area contributed by atoms with E-state index in [4.69, 9.17) is 17.0 Å². The Morgan fingerprint density at radius 2 is 1.93 bits per heavy atom.